The van der Waals surface area contributed by atoms with Crippen LogP contribution in [0.3, 0.4) is 0 Å². The van der Waals surface area contributed by atoms with E-state index in [2.05, 4.69) is 4.98 Å². The summed E-state index contributed by atoms with van der Waals surface area (Å²) in [6, 6.07) is 0. The maximum absolute atomic E-state index is 3.98. The predicted molar refractivity (Wildman–Crippen MR) is 27.9 cm³/mol. The lowest BCUT2D eigenvalue weighted by Crippen LogP contribution is -1.76. The maximum Gasteiger partial charge on any atom is 0.0946 e. The van der Waals surface area contributed by atoms with Crippen LogP contribution >= 0.6 is 0 Å². The topological polar surface area (TPSA) is 17.8 Å². The van der Waals surface area contributed by atoms with Crippen molar-refractivity contribution in [1.82, 2.24) is 9.55 Å². The summed E-state index contributed by atoms with van der Waals surface area (Å²) in [5, 5.41) is 0. The Kier molecular flexibility index (Phi) is 0.855. The molecule has 2 nitrogen and oxygen atoms in total. The van der Waals surface area contributed by atoms with Crippen molar-refractivity contribution in [3.05, 3.63) is 18.2 Å². The lowest BCUT2D eigenvalue weighted by molar-refractivity contribution is 0.913. The summed E-state index contributed by atoms with van der Waals surface area (Å²) in [7, 11) is 1.96. The van der Waals surface area contributed by atoms with E-state index in [4.69, 9.17) is 0 Å². The van der Waals surface area contributed by atoms with E-state index in [0.717, 1.165) is 5.69 Å². The molecular formula is C5H8N2. The van der Waals surface area contributed by atoms with Gasteiger partial charge in [0, 0.05) is 13.2 Å². The first kappa shape index (κ1) is 4.37. The number of imidazole rings is 1. The van der Waals surface area contributed by atoms with Crippen molar-refractivity contribution in [1.29, 1.82) is 0 Å². The Hall–Kier alpha value is -0.790. The molecule has 0 amide bonds. The van der Waals surface area contributed by atoms with Crippen molar-refractivity contribution in [2.75, 3.05) is 0 Å². The van der Waals surface area contributed by atoms with Crippen LogP contribution in [0, 0.1) is 6.92 Å². The highest BCUT2D eigenvalue weighted by atomic mass is 15.0. The van der Waals surface area contributed by atoms with Crippen molar-refractivity contribution in [2.24, 2.45) is 7.05 Å². The Morgan fingerprint density at radius 2 is 2.43 bits per heavy atom. The molecule has 2 heteroatoms. The minimum absolute atomic E-state index is 1.07. The van der Waals surface area contributed by atoms with E-state index in [1.807, 2.05) is 24.7 Å². The summed E-state index contributed by atoms with van der Waals surface area (Å²) in [6.45, 7) is 1.97. The molecule has 0 atom stereocenters. The van der Waals surface area contributed by atoms with Gasteiger partial charge >= 0.3 is 0 Å². The molecule has 0 fully saturated rings. The first-order chi connectivity index (χ1) is 3.29. The number of nitrogens with zero attached hydrogens (tertiary/aromatic N) is 2. The largest absolute Gasteiger partial charge is 0.340 e. The van der Waals surface area contributed by atoms with Crippen molar-refractivity contribution in [3.8, 4) is 0 Å². The van der Waals surface area contributed by atoms with Gasteiger partial charge in [0.05, 0.1) is 12.0 Å². The van der Waals surface area contributed by atoms with Crippen LogP contribution in [0.25, 0.3) is 0 Å². The molecule has 0 saturated heterocycles. The molecule has 0 aromatic carbocycles. The monoisotopic (exact) mass is 96.1 g/mol. The lowest BCUT2D eigenvalue weighted by atomic mass is 10.6. The second kappa shape index (κ2) is 1.37. The second-order valence-electron chi connectivity index (χ2n) is 1.68. The van der Waals surface area contributed by atoms with Crippen molar-refractivity contribution in [3.63, 3.8) is 0 Å². The molecule has 1 aromatic heterocycles. The first-order valence-corrected chi connectivity index (χ1v) is 2.23. The fourth-order valence-electron chi connectivity index (χ4n) is 0.544. The van der Waals surface area contributed by atoms with Gasteiger partial charge in [-0.25, -0.2) is 4.98 Å². The number of aromatic nitrogens is 2. The fourth-order valence-corrected chi connectivity index (χ4v) is 0.544. The lowest BCUT2D eigenvalue weighted by Gasteiger charge is -1.78. The molecule has 0 bridgehead atoms. The van der Waals surface area contributed by atoms with Crippen LogP contribution in [0.2, 0.25) is 0 Å². The highest BCUT2D eigenvalue weighted by Crippen LogP contribution is 1.86. The van der Waals surface area contributed by atoms with Gasteiger partial charge in [-0.3, -0.25) is 0 Å². The molecule has 0 aliphatic heterocycles. The van der Waals surface area contributed by atoms with E-state index in [9.17, 15) is 0 Å². The third-order valence-electron chi connectivity index (χ3n) is 0.834. The summed E-state index contributed by atoms with van der Waals surface area (Å²) in [5.41, 5.74) is 1.07. The molecule has 1 heterocycles. The smallest absolute Gasteiger partial charge is 0.0946 e. The van der Waals surface area contributed by atoms with Crippen molar-refractivity contribution >= 4 is 0 Å². The Balaban J connectivity index is 3.04. The normalized spacial score (nSPS) is 9.43. The van der Waals surface area contributed by atoms with Crippen LogP contribution in [0.15, 0.2) is 12.5 Å². The molecule has 0 aliphatic carbocycles. The highest BCUT2D eigenvalue weighted by molar-refractivity contribution is 4.90. The molecule has 1 rings (SSSR count). The number of aryl methyl sites for hydroxylation is 2. The molecule has 0 saturated carbocycles. The third kappa shape index (κ3) is 0.796. The number of hydrogen-bond donors (Lipinski definition) is 0. The summed E-state index contributed by atoms with van der Waals surface area (Å²) in [4.78, 5) is 3.98. The highest BCUT2D eigenvalue weighted by Gasteiger charge is 1.81. The first-order valence-electron chi connectivity index (χ1n) is 2.23. The van der Waals surface area contributed by atoms with Crippen LogP contribution in [-0.4, -0.2) is 9.55 Å². The van der Waals surface area contributed by atoms with Gasteiger partial charge in [-0.05, 0) is 6.92 Å². The summed E-state index contributed by atoms with van der Waals surface area (Å²) in [6.07, 6.45) is 3.76. The average Bonchev–Trinajstić information content (AvgIpc) is 1.87. The Morgan fingerprint density at radius 1 is 1.71 bits per heavy atom. The molecule has 0 spiro atoms. The minimum atomic E-state index is 1.07. The fraction of sp³-hybridized carbons (Fsp3) is 0.400. The van der Waals surface area contributed by atoms with Gasteiger partial charge in [-0.15, -0.1) is 0 Å². The van der Waals surface area contributed by atoms with Gasteiger partial charge in [0.15, 0.2) is 0 Å². The van der Waals surface area contributed by atoms with Gasteiger partial charge in [-0.1, -0.05) is 0 Å². The molecule has 38 valence electrons. The third-order valence-corrected chi connectivity index (χ3v) is 0.834. The Labute approximate surface area is 42.8 Å². The summed E-state index contributed by atoms with van der Waals surface area (Å²) in [5.74, 6) is 0. The zero-order valence-electron chi connectivity index (χ0n) is 4.55. The number of hydrogen-bond acceptors (Lipinski definition) is 1. The van der Waals surface area contributed by atoms with E-state index in [-0.39, 0.29) is 0 Å². The van der Waals surface area contributed by atoms with Gasteiger partial charge in [0.1, 0.15) is 0 Å². The van der Waals surface area contributed by atoms with Crippen LogP contribution < -0.4 is 0 Å². The van der Waals surface area contributed by atoms with Crippen molar-refractivity contribution in [2.45, 2.75) is 6.92 Å². The molecule has 0 N–H and O–H groups in total. The summed E-state index contributed by atoms with van der Waals surface area (Å²) >= 11 is 0. The van der Waals surface area contributed by atoms with Crippen LogP contribution in [0.1, 0.15) is 5.69 Å². The zero-order valence-corrected chi connectivity index (χ0v) is 4.55. The standard InChI is InChI=1S/C5H8N2/c1-5-3-7(2)4-6-5/h3-4H,1-2H3. The SMILES string of the molecule is Cc1cn(C)cn1. The predicted octanol–water partition coefficient (Wildman–Crippen LogP) is 0.729. The Morgan fingerprint density at radius 3 is 2.57 bits per heavy atom. The molecule has 0 unspecified atom stereocenters. The Bertz CT molecular complexity index is 138. The van der Waals surface area contributed by atoms with E-state index in [0.29, 0.717) is 0 Å². The zero-order chi connectivity index (χ0) is 5.28. The molecule has 0 aliphatic rings. The van der Waals surface area contributed by atoms with E-state index in [1.165, 1.54) is 0 Å². The van der Waals surface area contributed by atoms with Crippen LogP contribution in [-0.2, 0) is 7.05 Å². The second-order valence-corrected chi connectivity index (χ2v) is 1.68. The van der Waals surface area contributed by atoms with Crippen LogP contribution in [0.4, 0.5) is 0 Å². The average molecular weight is 96.1 g/mol. The number of rotatable bonds is 0. The van der Waals surface area contributed by atoms with Gasteiger partial charge < -0.3 is 4.57 Å². The quantitative estimate of drug-likeness (QED) is 0.465. The molecular weight excluding hydrogens is 88.1 g/mol. The van der Waals surface area contributed by atoms with E-state index >= 15 is 0 Å². The van der Waals surface area contributed by atoms with Gasteiger partial charge in [0.25, 0.3) is 0 Å². The maximum atomic E-state index is 3.98. The van der Waals surface area contributed by atoms with E-state index in [1.54, 1.807) is 6.33 Å². The molecule has 0 radical (unpaired) electrons. The van der Waals surface area contributed by atoms with Crippen molar-refractivity contribution < 1.29 is 0 Å². The minimum Gasteiger partial charge on any atom is -0.340 e. The van der Waals surface area contributed by atoms with E-state index < -0.39 is 0 Å². The molecule has 1 aromatic rings. The molecule has 7 heavy (non-hydrogen) atoms. The van der Waals surface area contributed by atoms with Crippen LogP contribution in [0.5, 0.6) is 0 Å². The summed E-state index contributed by atoms with van der Waals surface area (Å²) < 4.78 is 1.93. The van der Waals surface area contributed by atoms with Gasteiger partial charge in [0.2, 0.25) is 0 Å². The van der Waals surface area contributed by atoms with Gasteiger partial charge in [-0.2, -0.15) is 0 Å².